The number of nitrogens with one attached hydrogen (secondary N) is 4. The number of ether oxygens (including phenoxy) is 7. The Balaban J connectivity index is 0.476. The molecule has 4 aromatic heterocycles. The molecule has 5 amide bonds. The first-order chi connectivity index (χ1) is 66.5. The van der Waals surface area contributed by atoms with E-state index in [1.807, 2.05) is 78.0 Å². The van der Waals surface area contributed by atoms with E-state index in [0.717, 1.165) is 35.4 Å². The maximum Gasteiger partial charge on any atom is 0.407 e. The van der Waals surface area contributed by atoms with E-state index in [-0.39, 0.29) is 129 Å². The van der Waals surface area contributed by atoms with Crippen molar-refractivity contribution in [3.63, 3.8) is 0 Å². The number of aliphatic hydroxyl groups is 3. The number of nitrogen functional groups attached to an aromatic ring is 2. The fraction of sp³-hybridized carbons (Fsp3) is 0.580. The number of allylic oxidation sites excluding steroid dienone is 5. The van der Waals surface area contributed by atoms with Crippen LogP contribution in [-0.2, 0) is 88.0 Å². The van der Waals surface area contributed by atoms with Gasteiger partial charge in [0, 0.05) is 179 Å². The molecule has 38 nitrogen and oxygen atoms in total. The number of hydrogen-bond acceptors (Lipinski definition) is 33. The van der Waals surface area contributed by atoms with Crippen LogP contribution >= 0.6 is 0 Å². The summed E-state index contributed by atoms with van der Waals surface area (Å²) in [4.78, 5) is 153. The monoisotopic (exact) mass is 1910 g/mol. The Bertz CT molecular complexity index is 5270. The van der Waals surface area contributed by atoms with Crippen molar-refractivity contribution in [3.8, 4) is 0 Å². The van der Waals surface area contributed by atoms with Crippen LogP contribution in [-0.4, -0.2) is 303 Å². The van der Waals surface area contributed by atoms with Gasteiger partial charge in [-0.2, -0.15) is 4.98 Å². The van der Waals surface area contributed by atoms with Gasteiger partial charge in [-0.05, 0) is 155 Å². The summed E-state index contributed by atoms with van der Waals surface area (Å²) < 4.78 is 47.6. The Hall–Kier alpha value is -11.6. The minimum atomic E-state index is -1.72. The minimum absolute atomic E-state index is 0.0149. The highest BCUT2D eigenvalue weighted by Crippen LogP contribution is 2.37. The second-order valence-corrected chi connectivity index (χ2v) is 37.6. The molecule has 6 aliphatic heterocycles. The number of carbonyl (C=O) groups is 8. The second kappa shape index (κ2) is 50.3. The normalized spacial score (nSPS) is 26.8. The van der Waals surface area contributed by atoms with Crippen molar-refractivity contribution in [1.82, 2.24) is 65.1 Å². The average Bonchev–Trinajstić information content (AvgIpc) is 1.59. The van der Waals surface area contributed by atoms with Gasteiger partial charge in [-0.25, -0.2) is 39.5 Å². The summed E-state index contributed by atoms with van der Waals surface area (Å²) in [5.41, 5.74) is 19.6. The highest BCUT2D eigenvalue weighted by atomic mass is 16.6. The zero-order chi connectivity index (χ0) is 98.1. The molecule has 0 radical (unpaired) electrons. The van der Waals surface area contributed by atoms with Crippen molar-refractivity contribution in [3.05, 3.63) is 154 Å². The summed E-state index contributed by atoms with van der Waals surface area (Å²) >= 11 is 0. The molecule has 2 unspecified atom stereocenters. The number of esters is 1. The van der Waals surface area contributed by atoms with E-state index in [2.05, 4.69) is 66.7 Å². The van der Waals surface area contributed by atoms with Crippen LogP contribution in [0.15, 0.2) is 120 Å². The van der Waals surface area contributed by atoms with Gasteiger partial charge >= 0.3 is 12.1 Å². The number of anilines is 5. The molecule has 4 saturated heterocycles. The van der Waals surface area contributed by atoms with Crippen LogP contribution in [0.1, 0.15) is 182 Å². The van der Waals surface area contributed by atoms with Gasteiger partial charge in [0.05, 0.1) is 74.1 Å². The Morgan fingerprint density at radius 3 is 2.15 bits per heavy atom. The Kier molecular flexibility index (Phi) is 37.8. The largest absolute Gasteiger partial charge is 0.461 e. The number of Topliss-reactive ketones (excluding diaryl/α,β-unsaturated/α-hetero) is 2. The van der Waals surface area contributed by atoms with Crippen molar-refractivity contribution in [2.45, 2.75) is 225 Å². The molecule has 6 aromatic rings. The number of aliphatic hydroxyl groups excluding tert-OH is 3. The maximum atomic E-state index is 14.6. The van der Waals surface area contributed by atoms with E-state index in [9.17, 15) is 53.7 Å². The number of cyclic esters (lactones) is 1. The summed E-state index contributed by atoms with van der Waals surface area (Å²) in [5.74, 6) is -2.95. The van der Waals surface area contributed by atoms with E-state index >= 15 is 0 Å². The molecular weight excluding hydrogens is 1770 g/mol. The van der Waals surface area contributed by atoms with Gasteiger partial charge in [0.25, 0.3) is 17.8 Å². The lowest BCUT2D eigenvalue weighted by Crippen LogP contribution is -2.55. The number of amides is 5. The molecular formula is C100H137N19O19. The number of piperidine rings is 1. The third-order valence-electron chi connectivity index (χ3n) is 27.6. The number of piperazine rings is 2. The molecule has 5 fully saturated rings. The van der Waals surface area contributed by atoms with Gasteiger partial charge in [-0.3, -0.25) is 39.1 Å². The number of hydrogen-bond donors (Lipinski definition) is 9. The van der Waals surface area contributed by atoms with Crippen LogP contribution in [0.25, 0.3) is 11.1 Å². The summed E-state index contributed by atoms with van der Waals surface area (Å²) in [6.07, 6.45) is 17.3. The first kappa shape index (κ1) is 104. The average molecular weight is 1910 g/mol. The maximum absolute atomic E-state index is 14.6. The van der Waals surface area contributed by atoms with Crippen molar-refractivity contribution in [2.24, 2.45) is 29.6 Å². The number of nitrogens with zero attached hydrogens (tertiary/aromatic N) is 13. The molecule has 138 heavy (non-hydrogen) atoms. The Morgan fingerprint density at radius 2 is 1.40 bits per heavy atom. The third-order valence-corrected chi connectivity index (χ3v) is 27.6. The van der Waals surface area contributed by atoms with E-state index in [1.165, 1.54) is 11.2 Å². The fourth-order valence-corrected chi connectivity index (χ4v) is 19.2. The van der Waals surface area contributed by atoms with Gasteiger partial charge in [0.1, 0.15) is 60.0 Å². The van der Waals surface area contributed by atoms with Crippen molar-refractivity contribution < 1.29 is 91.3 Å². The SMILES string of the molecule is CO[C@H]1CC2CC[C@@H](C)C(O2)C(=O)C(=O)N2CCCC[C@H]2C(=O)O[C@H](CC[C@@H]2CC[C@@H](OC(=O)NCCOCCC(=O)NCc3cnc(N4CCN(C(=O)CCOCCN5CCN(c6ncc(C(=O)N7CCc8cc(CNc9ncnc(N)c9C(=N)c9ccc%10oc(N)nc%10c9)ccc8C7)cn6)CC5)CC4)nc3)[C@H](OC)C2)C[C@@H](O)[C@H](C)/C=C(\C)[C@@H](O)[C@@H](O)C(=O)[C@H](C)C[C@H](C)/C=C/C=C/C=C/1C. The van der Waals surface area contributed by atoms with Gasteiger partial charge in [0.15, 0.2) is 11.4 Å². The van der Waals surface area contributed by atoms with E-state index in [1.54, 1.807) is 84.1 Å². The van der Waals surface area contributed by atoms with E-state index < -0.39 is 90.1 Å². The molecule has 0 spiro atoms. The number of ketones is 2. The lowest BCUT2D eigenvalue weighted by atomic mass is 9.81. The number of oxazole rings is 1. The highest BCUT2D eigenvalue weighted by molar-refractivity contribution is 6.38. The van der Waals surface area contributed by atoms with Gasteiger partial charge in [0.2, 0.25) is 29.5 Å². The Labute approximate surface area is 805 Å². The molecule has 13 rings (SSSR count). The number of benzene rings is 2. The summed E-state index contributed by atoms with van der Waals surface area (Å²) in [6.45, 7) is 19.5. The second-order valence-electron chi connectivity index (χ2n) is 37.6. The first-order valence-corrected chi connectivity index (χ1v) is 48.6. The molecule has 10 heterocycles. The number of nitrogens with two attached hydrogens (primary N) is 2. The molecule has 1 saturated carbocycles. The smallest absolute Gasteiger partial charge is 0.407 e. The predicted molar refractivity (Wildman–Crippen MR) is 515 cm³/mol. The van der Waals surface area contributed by atoms with Crippen LogP contribution < -0.4 is 37.2 Å². The number of methoxy groups -OCH3 is 2. The Morgan fingerprint density at radius 1 is 0.659 bits per heavy atom. The summed E-state index contributed by atoms with van der Waals surface area (Å²) in [6, 6.07) is 10.3. The standard InChI is InChI=1S/C100H137N19O19/c1-61-14-10-9-11-15-62(2)81(131-7)52-75-23-17-63(3)91(135-75)90(126)95(128)119-31-13-12-16-77(119)96(129)136-74(51-78(120)64(4)47-66(6)88(124)89(125)87(123)65(5)46-61)24-19-67-20-25-80(82(49-67)132-8)138-100(130)104-30-44-133-42-28-83(121)105-54-69-55-107-98(108-56-69)117-39-37-115(38-40-117)84(122)29-43-134-45-41-114-33-35-116(36-34-114)99-109-57-73(58-110-99)94(127)118-32-27-70-48-68(18-21-72(70)59-118)53-106-93-85(92(102)111-60-112-93)86(101)71-22-26-79-76(50-71)113-97(103)137-79/h9-11,14-15,18,21-22,26,47-48,50,55-58,60-61,63-65,67,74-75,77-78,80-82,88-89,91,101,120,124-125H,12-13,16-17,19-20,23-25,27-46,49,51-54,59H2,1-8H3,(H2,103,113)(H,104,130)(H,105,121)(H3,102,106,111,112)/b11-9+,14-10+,62-15+,66-47+,101-86?/t61-,63-,64-,65-,67-,74-,75?,77+,78-,80-,81+,82-,88-,89+,91?/m1/s1. The zero-order valence-electron chi connectivity index (χ0n) is 80.6. The van der Waals surface area contributed by atoms with Crippen LogP contribution in [0.3, 0.4) is 0 Å². The molecule has 2 bridgehead atoms. The zero-order valence-corrected chi connectivity index (χ0v) is 80.6. The fourth-order valence-electron chi connectivity index (χ4n) is 19.2. The summed E-state index contributed by atoms with van der Waals surface area (Å²) in [7, 11) is 3.17. The van der Waals surface area contributed by atoms with Crippen LogP contribution in [0, 0.1) is 35.0 Å². The lowest BCUT2D eigenvalue weighted by molar-refractivity contribution is -0.169. The lowest BCUT2D eigenvalue weighted by Gasteiger charge is -2.38. The van der Waals surface area contributed by atoms with Crippen molar-refractivity contribution >= 4 is 93.6 Å². The molecule has 15 atom stereocenters. The molecule has 746 valence electrons. The minimum Gasteiger partial charge on any atom is -0.461 e. The topological polar surface area (TPSA) is 497 Å². The van der Waals surface area contributed by atoms with Crippen molar-refractivity contribution in [2.75, 3.05) is 146 Å². The molecule has 11 N–H and O–H groups in total. The number of aromatic nitrogens is 7. The quantitative estimate of drug-likeness (QED) is 0.00738. The molecule has 7 aliphatic rings. The molecule has 38 heteroatoms. The predicted octanol–water partition coefficient (Wildman–Crippen LogP) is 7.99. The summed E-state index contributed by atoms with van der Waals surface area (Å²) in [5, 5.41) is 52.4. The van der Waals surface area contributed by atoms with Gasteiger partial charge in [-0.1, -0.05) is 82.4 Å². The number of fused-ring (bicyclic) bond motifs is 5. The van der Waals surface area contributed by atoms with E-state index in [4.69, 9.17) is 54.5 Å². The number of alkyl carbamates (subject to hydrolysis) is 1. The first-order valence-electron chi connectivity index (χ1n) is 48.6. The van der Waals surface area contributed by atoms with Gasteiger partial charge < -0.3 is 105 Å². The molecule has 1 aliphatic carbocycles. The number of carbonyl (C=O) groups excluding carboxylic acids is 8. The van der Waals surface area contributed by atoms with Crippen molar-refractivity contribution in [1.29, 1.82) is 5.41 Å². The third kappa shape index (κ3) is 28.4. The van der Waals surface area contributed by atoms with E-state index in [0.29, 0.717) is 207 Å². The van der Waals surface area contributed by atoms with Gasteiger partial charge in [-0.15, -0.1) is 0 Å². The van der Waals surface area contributed by atoms with Crippen LogP contribution in [0.4, 0.5) is 34.3 Å². The molecule has 2 aromatic carbocycles. The van der Waals surface area contributed by atoms with Crippen LogP contribution in [0.5, 0.6) is 0 Å². The van der Waals surface area contributed by atoms with Crippen LogP contribution in [0.2, 0.25) is 0 Å². The number of rotatable bonds is 28. The highest BCUT2D eigenvalue weighted by Gasteiger charge is 2.45.